The molecule has 45 heavy (non-hydrogen) atoms. The molecule has 1 aliphatic carbocycles. The van der Waals surface area contributed by atoms with Crippen LogP contribution in [0, 0.1) is 18.7 Å². The van der Waals surface area contributed by atoms with Gasteiger partial charge in [0.15, 0.2) is 5.82 Å². The van der Waals surface area contributed by atoms with Gasteiger partial charge in [0.2, 0.25) is 5.91 Å². The van der Waals surface area contributed by atoms with Gasteiger partial charge in [0.1, 0.15) is 17.7 Å². The summed E-state index contributed by atoms with van der Waals surface area (Å²) in [6, 6.07) is 14.2. The van der Waals surface area contributed by atoms with Gasteiger partial charge in [-0.15, -0.1) is 0 Å². The second kappa shape index (κ2) is 12.9. The Morgan fingerprint density at radius 2 is 1.87 bits per heavy atom. The average molecular weight is 610 g/mol. The standard InChI is InChI=1S/C34H36FN7O3/c1-21-9-10-25(33(43)39-27-16-26(35)17-28(18-27)41-11-13-45-14-12-41)15-30(21)40-32-31-22(2)29(19-42(31)37-20-36-32)34(44)38-23(3)24-7-5-4-6-8-24/h4-9,15-20,23,25H,10-14H2,1-3H3,(H,38,44)(H,39,43)(H,36,37,40). The van der Waals surface area contributed by atoms with Crippen LogP contribution in [0.15, 0.2) is 84.5 Å². The highest BCUT2D eigenvalue weighted by Gasteiger charge is 2.24. The van der Waals surface area contributed by atoms with E-state index in [-0.39, 0.29) is 17.9 Å². The van der Waals surface area contributed by atoms with Crippen LogP contribution in [-0.4, -0.2) is 52.7 Å². The monoisotopic (exact) mass is 609 g/mol. The van der Waals surface area contributed by atoms with E-state index in [0.717, 1.165) is 22.4 Å². The van der Waals surface area contributed by atoms with Crippen molar-refractivity contribution in [1.82, 2.24) is 19.9 Å². The van der Waals surface area contributed by atoms with E-state index in [0.29, 0.717) is 61.0 Å². The van der Waals surface area contributed by atoms with Crippen molar-refractivity contribution in [3.05, 3.63) is 107 Å². The maximum atomic E-state index is 14.5. The average Bonchev–Trinajstić information content (AvgIpc) is 3.39. The molecule has 2 aromatic heterocycles. The number of benzene rings is 2. The molecule has 10 nitrogen and oxygen atoms in total. The summed E-state index contributed by atoms with van der Waals surface area (Å²) in [6.07, 6.45) is 7.47. The number of nitrogens with one attached hydrogen (secondary N) is 3. The predicted octanol–water partition coefficient (Wildman–Crippen LogP) is 5.41. The summed E-state index contributed by atoms with van der Waals surface area (Å²) in [5, 5.41) is 13.7. The highest BCUT2D eigenvalue weighted by molar-refractivity contribution is 5.99. The Kier molecular flexibility index (Phi) is 8.61. The van der Waals surface area contributed by atoms with Gasteiger partial charge in [0.25, 0.3) is 5.91 Å². The van der Waals surface area contributed by atoms with E-state index in [4.69, 9.17) is 4.74 Å². The number of nitrogens with zero attached hydrogens (tertiary/aromatic N) is 4. The highest BCUT2D eigenvalue weighted by atomic mass is 19.1. The fourth-order valence-electron chi connectivity index (χ4n) is 5.73. The summed E-state index contributed by atoms with van der Waals surface area (Å²) in [4.78, 5) is 33.2. The fourth-order valence-corrected chi connectivity index (χ4v) is 5.73. The Bertz CT molecular complexity index is 1790. The van der Waals surface area contributed by atoms with E-state index in [2.05, 4.69) is 26.0 Å². The first-order valence-corrected chi connectivity index (χ1v) is 15.1. The fraction of sp³-hybridized carbons (Fsp3) is 0.294. The SMILES string of the molecule is CC1=CCC(C(=O)Nc2cc(F)cc(N3CCOCC3)c2)C=C1Nc1ncnn2cc(C(=O)NC(C)c3ccccc3)c(C)c12. The van der Waals surface area contributed by atoms with Crippen LogP contribution < -0.4 is 20.9 Å². The number of allylic oxidation sites excluding steroid dienone is 2. The van der Waals surface area contributed by atoms with E-state index < -0.39 is 11.7 Å². The van der Waals surface area contributed by atoms with Gasteiger partial charge in [0, 0.05) is 36.4 Å². The number of anilines is 3. The molecule has 0 radical (unpaired) electrons. The van der Waals surface area contributed by atoms with Gasteiger partial charge in [-0.1, -0.05) is 36.4 Å². The lowest BCUT2D eigenvalue weighted by atomic mass is 9.94. The number of hydrogen-bond acceptors (Lipinski definition) is 7. The Labute approximate surface area is 261 Å². The molecule has 2 unspecified atom stereocenters. The normalized spacial score (nSPS) is 17.3. The molecule has 3 heterocycles. The van der Waals surface area contributed by atoms with Crippen LogP contribution in [0.5, 0.6) is 0 Å². The van der Waals surface area contributed by atoms with Gasteiger partial charge in [0.05, 0.1) is 30.7 Å². The molecule has 2 aliphatic rings. The van der Waals surface area contributed by atoms with E-state index in [1.165, 1.54) is 18.5 Å². The molecule has 1 aliphatic heterocycles. The molecule has 0 bridgehead atoms. The van der Waals surface area contributed by atoms with Gasteiger partial charge in [-0.05, 0) is 68.2 Å². The third kappa shape index (κ3) is 6.58. The van der Waals surface area contributed by atoms with Crippen molar-refractivity contribution in [3.8, 4) is 0 Å². The molecule has 2 aromatic carbocycles. The zero-order chi connectivity index (χ0) is 31.5. The molecule has 2 amide bonds. The Morgan fingerprint density at radius 3 is 2.64 bits per heavy atom. The predicted molar refractivity (Wildman–Crippen MR) is 172 cm³/mol. The lowest BCUT2D eigenvalue weighted by Gasteiger charge is -2.29. The van der Waals surface area contributed by atoms with Crippen LogP contribution in [0.2, 0.25) is 0 Å². The Morgan fingerprint density at radius 1 is 1.09 bits per heavy atom. The van der Waals surface area contributed by atoms with Crippen LogP contribution in [0.25, 0.3) is 5.52 Å². The minimum atomic E-state index is -0.488. The second-order valence-electron chi connectivity index (χ2n) is 11.4. The smallest absolute Gasteiger partial charge is 0.253 e. The summed E-state index contributed by atoms with van der Waals surface area (Å²) in [6.45, 7) is 8.26. The van der Waals surface area contributed by atoms with Gasteiger partial charge >= 0.3 is 0 Å². The minimum Gasteiger partial charge on any atom is -0.378 e. The number of aromatic nitrogens is 3. The van der Waals surface area contributed by atoms with E-state index >= 15 is 0 Å². The number of ether oxygens (including phenoxy) is 1. The molecule has 11 heteroatoms. The lowest BCUT2D eigenvalue weighted by molar-refractivity contribution is -0.118. The van der Waals surface area contributed by atoms with Crippen molar-refractivity contribution >= 4 is 34.5 Å². The first-order chi connectivity index (χ1) is 21.8. The minimum absolute atomic E-state index is 0.175. The van der Waals surface area contributed by atoms with Crippen molar-refractivity contribution < 1.29 is 18.7 Å². The maximum absolute atomic E-state index is 14.5. The third-order valence-electron chi connectivity index (χ3n) is 8.31. The zero-order valence-electron chi connectivity index (χ0n) is 25.5. The van der Waals surface area contributed by atoms with Crippen LogP contribution in [-0.2, 0) is 9.53 Å². The summed E-state index contributed by atoms with van der Waals surface area (Å²) < 4.78 is 21.5. The van der Waals surface area contributed by atoms with Gasteiger partial charge in [-0.2, -0.15) is 5.10 Å². The molecule has 1 saturated heterocycles. The summed E-state index contributed by atoms with van der Waals surface area (Å²) in [5.41, 5.74) is 5.68. The number of hydrogen-bond donors (Lipinski definition) is 3. The Hall–Kier alpha value is -5.03. The quantitative estimate of drug-likeness (QED) is 0.245. The molecule has 1 fully saturated rings. The first kappa shape index (κ1) is 30.0. The van der Waals surface area contributed by atoms with Gasteiger partial charge in [-0.3, -0.25) is 9.59 Å². The molecule has 2 atom stereocenters. The van der Waals surface area contributed by atoms with Crippen molar-refractivity contribution in [2.45, 2.75) is 33.2 Å². The zero-order valence-corrected chi connectivity index (χ0v) is 25.5. The molecule has 6 rings (SSSR count). The van der Waals surface area contributed by atoms with E-state index in [9.17, 15) is 14.0 Å². The van der Waals surface area contributed by atoms with Crippen molar-refractivity contribution in [2.24, 2.45) is 5.92 Å². The molecule has 0 spiro atoms. The topological polar surface area (TPSA) is 113 Å². The summed E-state index contributed by atoms with van der Waals surface area (Å²) >= 11 is 0. The number of carbonyl (C=O) groups is 2. The van der Waals surface area contributed by atoms with E-state index in [1.807, 2.05) is 68.2 Å². The number of amides is 2. The summed E-state index contributed by atoms with van der Waals surface area (Å²) in [5.74, 6) is -0.839. The van der Waals surface area contributed by atoms with Crippen LogP contribution in [0.4, 0.5) is 21.6 Å². The number of aryl methyl sites for hydroxylation is 1. The number of morpholine rings is 1. The number of fused-ring (bicyclic) bond motifs is 1. The van der Waals surface area contributed by atoms with Crippen LogP contribution in [0.1, 0.15) is 47.8 Å². The maximum Gasteiger partial charge on any atom is 0.253 e. The molecule has 0 saturated carbocycles. The largest absolute Gasteiger partial charge is 0.378 e. The highest BCUT2D eigenvalue weighted by Crippen LogP contribution is 2.30. The summed E-state index contributed by atoms with van der Waals surface area (Å²) in [7, 11) is 0. The Balaban J connectivity index is 1.20. The third-order valence-corrected chi connectivity index (χ3v) is 8.31. The van der Waals surface area contributed by atoms with Crippen LogP contribution in [0.3, 0.4) is 0 Å². The van der Waals surface area contributed by atoms with Crippen molar-refractivity contribution in [1.29, 1.82) is 0 Å². The lowest BCUT2D eigenvalue weighted by Crippen LogP contribution is -2.36. The van der Waals surface area contributed by atoms with Gasteiger partial charge < -0.3 is 25.6 Å². The second-order valence-corrected chi connectivity index (χ2v) is 11.4. The number of rotatable bonds is 8. The number of carbonyl (C=O) groups excluding carboxylic acids is 2. The molecular formula is C34H36FN7O3. The molecule has 3 N–H and O–H groups in total. The van der Waals surface area contributed by atoms with Crippen molar-refractivity contribution in [2.75, 3.05) is 41.8 Å². The molecule has 232 valence electrons. The first-order valence-electron chi connectivity index (χ1n) is 15.1. The van der Waals surface area contributed by atoms with Crippen molar-refractivity contribution in [3.63, 3.8) is 0 Å². The van der Waals surface area contributed by atoms with E-state index in [1.54, 1.807) is 16.8 Å². The molecule has 4 aromatic rings. The van der Waals surface area contributed by atoms with Crippen LogP contribution >= 0.6 is 0 Å². The molecular weight excluding hydrogens is 573 g/mol. The number of halogens is 1. The van der Waals surface area contributed by atoms with Gasteiger partial charge in [-0.25, -0.2) is 13.9 Å².